The van der Waals surface area contributed by atoms with Crippen molar-refractivity contribution in [3.8, 4) is 0 Å². The van der Waals surface area contributed by atoms with Crippen LogP contribution in [0.4, 0.5) is 11.4 Å². The number of carbonyl (C=O) groups is 2. The van der Waals surface area contributed by atoms with Crippen molar-refractivity contribution in [1.82, 2.24) is 0 Å². The molecule has 0 atom stereocenters. The molecule has 0 saturated carbocycles. The van der Waals surface area contributed by atoms with Crippen molar-refractivity contribution in [3.63, 3.8) is 0 Å². The molecule has 26 heavy (non-hydrogen) atoms. The van der Waals surface area contributed by atoms with Gasteiger partial charge in [0.1, 0.15) is 5.56 Å². The second-order valence-electron chi connectivity index (χ2n) is 5.82. The predicted octanol–water partition coefficient (Wildman–Crippen LogP) is 3.97. The smallest absolute Gasteiger partial charge is 0.345 e. The number of ether oxygens (including phenoxy) is 1. The molecule has 2 aromatic rings. The van der Waals surface area contributed by atoms with Crippen molar-refractivity contribution in [2.24, 2.45) is 0 Å². The second kappa shape index (κ2) is 7.97. The van der Waals surface area contributed by atoms with Crippen LogP contribution in [0.1, 0.15) is 27.0 Å². The molecule has 0 aliphatic rings. The van der Waals surface area contributed by atoms with Gasteiger partial charge in [0.2, 0.25) is 0 Å². The normalized spacial score (nSPS) is 10.3. The van der Waals surface area contributed by atoms with Gasteiger partial charge >= 0.3 is 5.97 Å². The van der Waals surface area contributed by atoms with Crippen molar-refractivity contribution in [1.29, 1.82) is 0 Å². The summed E-state index contributed by atoms with van der Waals surface area (Å²) in [6, 6.07) is 7.42. The lowest BCUT2D eigenvalue weighted by atomic mass is 10.1. The Kier molecular flexibility index (Phi) is 5.94. The highest BCUT2D eigenvalue weighted by Crippen LogP contribution is 2.24. The first-order chi connectivity index (χ1) is 12.2. The first-order valence-corrected chi connectivity index (χ1v) is 8.05. The van der Waals surface area contributed by atoms with Gasteiger partial charge in [-0.1, -0.05) is 29.3 Å². The molecule has 0 aromatic heterocycles. The molecule has 0 fully saturated rings. The maximum absolute atomic E-state index is 12.1. The van der Waals surface area contributed by atoms with Gasteiger partial charge < -0.3 is 10.1 Å². The fraction of sp³-hybridized carbons (Fsp3) is 0.222. The molecule has 0 bridgehead atoms. The number of nitro benzene ring substituents is 1. The van der Waals surface area contributed by atoms with Gasteiger partial charge in [0.15, 0.2) is 6.61 Å². The number of hydrogen-bond donors (Lipinski definition) is 1. The van der Waals surface area contributed by atoms with Crippen LogP contribution in [-0.2, 0) is 9.53 Å². The van der Waals surface area contributed by atoms with Crippen LogP contribution < -0.4 is 5.32 Å². The summed E-state index contributed by atoms with van der Waals surface area (Å²) in [6.45, 7) is 5.11. The molecule has 0 radical (unpaired) electrons. The molecule has 0 aliphatic heterocycles. The minimum atomic E-state index is -0.971. The van der Waals surface area contributed by atoms with Crippen LogP contribution in [0.3, 0.4) is 0 Å². The van der Waals surface area contributed by atoms with Gasteiger partial charge in [-0.15, -0.1) is 0 Å². The molecule has 1 N–H and O–H groups in total. The zero-order valence-corrected chi connectivity index (χ0v) is 15.2. The van der Waals surface area contributed by atoms with E-state index in [9.17, 15) is 19.7 Å². The standard InChI is InChI=1S/C18H17ClN2O5/c1-10-6-11(2)17(12(3)7-10)20-16(22)9-26-18(23)14-5-4-13(19)8-15(14)21(24)25/h4-8H,9H2,1-3H3,(H,20,22). The number of nitrogens with zero attached hydrogens (tertiary/aromatic N) is 1. The maximum Gasteiger partial charge on any atom is 0.345 e. The molecular formula is C18H17ClN2O5. The lowest BCUT2D eigenvalue weighted by Crippen LogP contribution is -2.22. The number of nitro groups is 1. The number of nitrogens with one attached hydrogen (secondary N) is 1. The fourth-order valence-electron chi connectivity index (χ4n) is 2.59. The molecule has 7 nitrogen and oxygen atoms in total. The third-order valence-corrected chi connectivity index (χ3v) is 3.89. The summed E-state index contributed by atoms with van der Waals surface area (Å²) in [5.41, 5.74) is 2.74. The predicted molar refractivity (Wildman–Crippen MR) is 97.7 cm³/mol. The van der Waals surface area contributed by atoms with Crippen LogP contribution in [0.25, 0.3) is 0 Å². The van der Waals surface area contributed by atoms with E-state index in [0.29, 0.717) is 5.69 Å². The Labute approximate surface area is 155 Å². The van der Waals surface area contributed by atoms with E-state index in [1.54, 1.807) is 0 Å². The van der Waals surface area contributed by atoms with Crippen molar-refractivity contribution in [2.45, 2.75) is 20.8 Å². The summed E-state index contributed by atoms with van der Waals surface area (Å²) >= 11 is 5.70. The second-order valence-corrected chi connectivity index (χ2v) is 6.25. The van der Waals surface area contributed by atoms with Gasteiger partial charge in [-0.2, -0.15) is 0 Å². The lowest BCUT2D eigenvalue weighted by molar-refractivity contribution is -0.385. The zero-order chi connectivity index (χ0) is 19.4. The molecule has 8 heteroatoms. The monoisotopic (exact) mass is 376 g/mol. The Balaban J connectivity index is 2.07. The molecule has 0 spiro atoms. The number of rotatable bonds is 5. The van der Waals surface area contributed by atoms with Crippen LogP contribution in [0.5, 0.6) is 0 Å². The summed E-state index contributed by atoms with van der Waals surface area (Å²) in [5.74, 6) is -1.51. The third kappa shape index (κ3) is 4.58. The average molecular weight is 377 g/mol. The molecular weight excluding hydrogens is 360 g/mol. The first kappa shape index (κ1) is 19.4. The third-order valence-electron chi connectivity index (χ3n) is 3.65. The number of halogens is 1. The number of esters is 1. The minimum absolute atomic E-state index is 0.122. The maximum atomic E-state index is 12.1. The van der Waals surface area contributed by atoms with Gasteiger partial charge in [0.05, 0.1) is 4.92 Å². The van der Waals surface area contributed by atoms with E-state index in [0.717, 1.165) is 22.8 Å². The van der Waals surface area contributed by atoms with E-state index in [1.165, 1.54) is 12.1 Å². The van der Waals surface area contributed by atoms with Crippen molar-refractivity contribution >= 4 is 34.9 Å². The average Bonchev–Trinajstić information content (AvgIpc) is 2.55. The van der Waals surface area contributed by atoms with Gasteiger partial charge in [0.25, 0.3) is 11.6 Å². The Morgan fingerprint density at radius 2 is 1.77 bits per heavy atom. The molecule has 2 rings (SSSR count). The first-order valence-electron chi connectivity index (χ1n) is 7.68. The molecule has 0 unspecified atom stereocenters. The van der Waals surface area contributed by atoms with Gasteiger partial charge in [0, 0.05) is 16.8 Å². The van der Waals surface area contributed by atoms with Gasteiger partial charge in [-0.25, -0.2) is 4.79 Å². The number of aryl methyl sites for hydroxylation is 3. The van der Waals surface area contributed by atoms with Crippen molar-refractivity contribution in [2.75, 3.05) is 11.9 Å². The Morgan fingerprint density at radius 1 is 1.15 bits per heavy atom. The fourth-order valence-corrected chi connectivity index (χ4v) is 2.76. The number of benzene rings is 2. The van der Waals surface area contributed by atoms with E-state index >= 15 is 0 Å². The molecule has 136 valence electrons. The largest absolute Gasteiger partial charge is 0.452 e. The van der Waals surface area contributed by atoms with Crippen molar-refractivity contribution in [3.05, 3.63) is 67.7 Å². The molecule has 2 aromatic carbocycles. The Bertz CT molecular complexity index is 872. The summed E-state index contributed by atoms with van der Waals surface area (Å²) in [7, 11) is 0. The van der Waals surface area contributed by atoms with Crippen LogP contribution in [-0.4, -0.2) is 23.4 Å². The van der Waals surface area contributed by atoms with E-state index in [-0.39, 0.29) is 10.6 Å². The topological polar surface area (TPSA) is 98.5 Å². The van der Waals surface area contributed by atoms with Crippen LogP contribution in [0, 0.1) is 30.9 Å². The molecule has 1 amide bonds. The summed E-state index contributed by atoms with van der Waals surface area (Å²) in [4.78, 5) is 34.4. The van der Waals surface area contributed by atoms with Crippen molar-refractivity contribution < 1.29 is 19.2 Å². The summed E-state index contributed by atoms with van der Waals surface area (Å²) in [6.07, 6.45) is 0. The van der Waals surface area contributed by atoms with Gasteiger partial charge in [-0.3, -0.25) is 14.9 Å². The summed E-state index contributed by atoms with van der Waals surface area (Å²) in [5, 5.41) is 13.8. The van der Waals surface area contributed by atoms with E-state index < -0.39 is 29.1 Å². The number of anilines is 1. The highest BCUT2D eigenvalue weighted by atomic mass is 35.5. The highest BCUT2D eigenvalue weighted by molar-refractivity contribution is 6.31. The molecule has 0 aliphatic carbocycles. The van der Waals surface area contributed by atoms with Crippen LogP contribution >= 0.6 is 11.6 Å². The van der Waals surface area contributed by atoms with Crippen LogP contribution in [0.15, 0.2) is 30.3 Å². The molecule has 0 saturated heterocycles. The summed E-state index contributed by atoms with van der Waals surface area (Å²) < 4.78 is 4.90. The van der Waals surface area contributed by atoms with Gasteiger partial charge in [-0.05, 0) is 44.0 Å². The lowest BCUT2D eigenvalue weighted by Gasteiger charge is -2.13. The van der Waals surface area contributed by atoms with E-state index in [2.05, 4.69) is 5.32 Å². The zero-order valence-electron chi connectivity index (χ0n) is 14.5. The highest BCUT2D eigenvalue weighted by Gasteiger charge is 2.22. The van der Waals surface area contributed by atoms with E-state index in [1.807, 2.05) is 32.9 Å². The van der Waals surface area contributed by atoms with Crippen LogP contribution in [0.2, 0.25) is 5.02 Å². The number of amides is 1. The molecule has 0 heterocycles. The SMILES string of the molecule is Cc1cc(C)c(NC(=O)COC(=O)c2ccc(Cl)cc2[N+](=O)[O-])c(C)c1. The minimum Gasteiger partial charge on any atom is -0.452 e. The Morgan fingerprint density at radius 3 is 2.35 bits per heavy atom. The van der Waals surface area contributed by atoms with E-state index in [4.69, 9.17) is 16.3 Å². The number of carbonyl (C=O) groups excluding carboxylic acids is 2. The Hall–Kier alpha value is -2.93. The number of hydrogen-bond acceptors (Lipinski definition) is 5. The quantitative estimate of drug-likeness (QED) is 0.483.